The van der Waals surface area contributed by atoms with Gasteiger partial charge in [-0.25, -0.2) is 13.1 Å². The van der Waals surface area contributed by atoms with Crippen LogP contribution in [0.15, 0.2) is 36.4 Å². The Labute approximate surface area is 141 Å². The molecule has 22 heavy (non-hydrogen) atoms. The molecule has 0 amide bonds. The van der Waals surface area contributed by atoms with Gasteiger partial charge in [-0.05, 0) is 12.8 Å². The van der Waals surface area contributed by atoms with Gasteiger partial charge in [-0.1, -0.05) is 49.2 Å². The Hall–Kier alpha value is -0.497. The van der Waals surface area contributed by atoms with Crippen LogP contribution in [0.4, 0.5) is 13.2 Å². The average Bonchev–Trinajstić information content (AvgIpc) is 2.43. The third-order valence-electron chi connectivity index (χ3n) is 3.10. The van der Waals surface area contributed by atoms with Crippen LogP contribution in [0.5, 0.6) is 0 Å². The van der Waals surface area contributed by atoms with Crippen molar-refractivity contribution in [3.8, 4) is 0 Å². The molecule has 2 rings (SSSR count). The quantitative estimate of drug-likeness (QED) is 0.715. The van der Waals surface area contributed by atoms with E-state index in [9.17, 15) is 21.6 Å². The zero-order valence-corrected chi connectivity index (χ0v) is 14.3. The van der Waals surface area contributed by atoms with Crippen molar-refractivity contribution < 1.29 is 41.1 Å². The van der Waals surface area contributed by atoms with E-state index < -0.39 is 27.6 Å². The van der Waals surface area contributed by atoms with Crippen LogP contribution in [0, 0.1) is 0 Å². The van der Waals surface area contributed by atoms with Crippen molar-refractivity contribution in [2.24, 2.45) is 5.73 Å². The summed E-state index contributed by atoms with van der Waals surface area (Å²) in [4.78, 5) is 0. The first-order valence-corrected chi connectivity index (χ1v) is 8.06. The molecule has 1 fully saturated rings. The molecular formula is C13H19F3N2O2RuS. The van der Waals surface area contributed by atoms with Crippen LogP contribution in [0.2, 0.25) is 0 Å². The van der Waals surface area contributed by atoms with E-state index in [0.717, 1.165) is 6.42 Å². The minimum absolute atomic E-state index is 0. The molecule has 3 N–H and O–H groups in total. The number of hydrogen-bond donors (Lipinski definition) is 2. The van der Waals surface area contributed by atoms with Gasteiger partial charge in [0.15, 0.2) is 0 Å². The third-order valence-corrected chi connectivity index (χ3v) is 4.32. The normalized spacial score (nSPS) is 22.0. The number of benzene rings is 1. The maximum absolute atomic E-state index is 12.0. The first kappa shape index (κ1) is 21.5. The van der Waals surface area contributed by atoms with E-state index in [-0.39, 0.29) is 19.5 Å². The van der Waals surface area contributed by atoms with Gasteiger partial charge in [-0.15, -0.1) is 0 Å². The summed E-state index contributed by atoms with van der Waals surface area (Å²) in [5, 5.41) is 0. The zero-order valence-electron chi connectivity index (χ0n) is 11.7. The molecule has 1 aromatic carbocycles. The fourth-order valence-corrected chi connectivity index (χ4v) is 2.78. The molecule has 0 radical (unpaired) electrons. The zero-order chi connectivity index (χ0) is 15.9. The Morgan fingerprint density at radius 1 is 0.955 bits per heavy atom. The molecule has 1 saturated carbocycles. The average molecular weight is 425 g/mol. The van der Waals surface area contributed by atoms with E-state index in [1.54, 1.807) is 4.72 Å². The molecule has 0 aliphatic heterocycles. The number of nitrogens with two attached hydrogens (primary N) is 1. The number of hydrogen-bond acceptors (Lipinski definition) is 3. The Morgan fingerprint density at radius 3 is 1.73 bits per heavy atom. The van der Waals surface area contributed by atoms with E-state index in [2.05, 4.69) is 0 Å². The van der Waals surface area contributed by atoms with Crippen LogP contribution >= 0.6 is 0 Å². The molecule has 4 nitrogen and oxygen atoms in total. The number of alkyl halides is 3. The van der Waals surface area contributed by atoms with Gasteiger partial charge in [-0.2, -0.15) is 13.2 Å². The Kier molecular flexibility index (Phi) is 9.38. The number of halogens is 3. The van der Waals surface area contributed by atoms with E-state index in [0.29, 0.717) is 19.3 Å². The van der Waals surface area contributed by atoms with Gasteiger partial charge in [0, 0.05) is 31.6 Å². The van der Waals surface area contributed by atoms with E-state index in [4.69, 9.17) is 5.73 Å². The minimum atomic E-state index is -5.26. The molecule has 128 valence electrons. The first-order valence-electron chi connectivity index (χ1n) is 6.58. The van der Waals surface area contributed by atoms with Crippen LogP contribution in [0.1, 0.15) is 25.7 Å². The molecule has 1 aromatic rings. The maximum Gasteiger partial charge on any atom is 0.511 e. The minimum Gasteiger partial charge on any atom is -0.326 e. The van der Waals surface area contributed by atoms with Crippen molar-refractivity contribution >= 4 is 10.0 Å². The first-order chi connectivity index (χ1) is 9.74. The number of sulfonamides is 1. The second kappa shape index (κ2) is 9.60. The molecule has 2 atom stereocenters. The van der Waals surface area contributed by atoms with E-state index in [1.165, 1.54) is 0 Å². The molecule has 0 saturated heterocycles. The predicted octanol–water partition coefficient (Wildman–Crippen LogP) is 2.38. The van der Waals surface area contributed by atoms with E-state index >= 15 is 0 Å². The molecule has 9 heteroatoms. The monoisotopic (exact) mass is 426 g/mol. The number of nitrogens with one attached hydrogen (secondary N) is 1. The molecule has 1 aliphatic rings. The molecule has 0 bridgehead atoms. The van der Waals surface area contributed by atoms with Crippen molar-refractivity contribution in [2.75, 3.05) is 0 Å². The summed E-state index contributed by atoms with van der Waals surface area (Å²) in [6, 6.07) is 10.7. The van der Waals surface area contributed by atoms with Crippen LogP contribution in [0.3, 0.4) is 0 Å². The summed E-state index contributed by atoms with van der Waals surface area (Å²) in [7, 11) is -5.26. The molecule has 0 spiro atoms. The summed E-state index contributed by atoms with van der Waals surface area (Å²) < 4.78 is 59.2. The van der Waals surface area contributed by atoms with Gasteiger partial charge in [-0.3, -0.25) is 0 Å². The number of rotatable bonds is 2. The van der Waals surface area contributed by atoms with Crippen molar-refractivity contribution in [2.45, 2.75) is 43.3 Å². The predicted molar refractivity (Wildman–Crippen MR) is 74.8 cm³/mol. The Bertz CT molecular complexity index is 485. The van der Waals surface area contributed by atoms with Crippen molar-refractivity contribution in [1.29, 1.82) is 0 Å². The summed E-state index contributed by atoms with van der Waals surface area (Å²) in [5.41, 5.74) is 0.275. The summed E-state index contributed by atoms with van der Waals surface area (Å²) in [6.07, 6.45) is 2.42. The van der Waals surface area contributed by atoms with Crippen LogP contribution in [-0.2, 0) is 29.5 Å². The largest absolute Gasteiger partial charge is 0.511 e. The van der Waals surface area contributed by atoms with Crippen molar-refractivity contribution in [1.82, 2.24) is 4.72 Å². The summed E-state index contributed by atoms with van der Waals surface area (Å²) in [5.74, 6) is 0. The third kappa shape index (κ3) is 7.18. The van der Waals surface area contributed by atoms with Crippen molar-refractivity contribution in [3.63, 3.8) is 0 Å². The second-order valence-electron chi connectivity index (χ2n) is 4.78. The van der Waals surface area contributed by atoms with E-state index in [1.807, 2.05) is 36.4 Å². The fraction of sp³-hybridized carbons (Fsp3) is 0.538. The van der Waals surface area contributed by atoms with Crippen LogP contribution < -0.4 is 10.5 Å². The fourth-order valence-electron chi connectivity index (χ4n) is 1.96. The summed E-state index contributed by atoms with van der Waals surface area (Å²) >= 11 is 0. The molecule has 1 aliphatic carbocycles. The Morgan fingerprint density at radius 2 is 1.36 bits per heavy atom. The SMILES string of the molecule is N[C@@H]1CCCC[C@H]1NS(=O)(=O)C(F)(F)F.[Ru].c1ccccc1. The molecule has 0 aromatic heterocycles. The van der Waals surface area contributed by atoms with Gasteiger partial charge < -0.3 is 5.73 Å². The maximum atomic E-state index is 12.0. The molecule has 0 heterocycles. The molecule has 0 unspecified atom stereocenters. The van der Waals surface area contributed by atoms with Gasteiger partial charge in [0.1, 0.15) is 0 Å². The van der Waals surface area contributed by atoms with Gasteiger partial charge in [0.2, 0.25) is 0 Å². The van der Waals surface area contributed by atoms with Gasteiger partial charge in [0.05, 0.1) is 0 Å². The Balaban J connectivity index is 0.000000529. The standard InChI is InChI=1S/C7H13F3N2O2S.C6H6.Ru/c8-7(9,10)15(13,14)12-6-4-2-1-3-5(6)11;1-2-4-6-5-3-1;/h5-6,12H,1-4,11H2;1-6H;/t5-,6-;;/m1../s1. The topological polar surface area (TPSA) is 72.2 Å². The summed E-state index contributed by atoms with van der Waals surface area (Å²) in [6.45, 7) is 0. The van der Waals surface area contributed by atoms with Crippen LogP contribution in [0.25, 0.3) is 0 Å². The van der Waals surface area contributed by atoms with Gasteiger partial charge >= 0.3 is 15.5 Å². The van der Waals surface area contributed by atoms with Crippen LogP contribution in [-0.4, -0.2) is 26.0 Å². The van der Waals surface area contributed by atoms with Crippen molar-refractivity contribution in [3.05, 3.63) is 36.4 Å². The van der Waals surface area contributed by atoms with Gasteiger partial charge in [0.25, 0.3) is 0 Å². The smallest absolute Gasteiger partial charge is 0.326 e. The molecular weight excluding hydrogens is 406 g/mol. The second-order valence-corrected chi connectivity index (χ2v) is 6.48.